The molecule has 31 heavy (non-hydrogen) atoms. The summed E-state index contributed by atoms with van der Waals surface area (Å²) in [5.41, 5.74) is 14.5. The summed E-state index contributed by atoms with van der Waals surface area (Å²) in [5, 5.41) is 0. The number of rotatable bonds is 5. The number of benzene rings is 2. The van der Waals surface area contributed by atoms with Crippen molar-refractivity contribution in [2.45, 2.75) is 37.6 Å². The Kier molecular flexibility index (Phi) is 5.95. The lowest BCUT2D eigenvalue weighted by molar-refractivity contribution is 0.0996. The fourth-order valence-electron chi connectivity index (χ4n) is 4.39. The first-order valence-electron chi connectivity index (χ1n) is 10.3. The zero-order valence-corrected chi connectivity index (χ0v) is 17.3. The molecule has 4 rings (SSSR count). The molecule has 0 spiro atoms. The monoisotopic (exact) mass is 420 g/mol. The van der Waals surface area contributed by atoms with Gasteiger partial charge < -0.3 is 16.2 Å². The van der Waals surface area contributed by atoms with E-state index in [4.69, 9.17) is 16.2 Å². The van der Waals surface area contributed by atoms with Crippen LogP contribution in [0.4, 0.5) is 4.39 Å². The van der Waals surface area contributed by atoms with Gasteiger partial charge in [0.25, 0.3) is 5.91 Å². The van der Waals surface area contributed by atoms with Gasteiger partial charge in [0.2, 0.25) is 0 Å². The summed E-state index contributed by atoms with van der Waals surface area (Å²) in [6.07, 6.45) is 5.53. The van der Waals surface area contributed by atoms with Crippen LogP contribution in [0.5, 0.6) is 5.75 Å². The third-order valence-electron chi connectivity index (χ3n) is 5.85. The molecule has 1 aliphatic rings. The molecular formula is C24H25FN4O2. The Hall–Kier alpha value is -3.32. The molecule has 6 nitrogen and oxygen atoms in total. The van der Waals surface area contributed by atoms with Gasteiger partial charge in [0.15, 0.2) is 5.82 Å². The van der Waals surface area contributed by atoms with Gasteiger partial charge in [-0.3, -0.25) is 4.79 Å². The van der Waals surface area contributed by atoms with E-state index in [2.05, 4.69) is 16.0 Å². The van der Waals surface area contributed by atoms with Crippen molar-refractivity contribution in [1.29, 1.82) is 0 Å². The zero-order chi connectivity index (χ0) is 22.0. The number of aromatic nitrogens is 2. The molecule has 1 aromatic heterocycles. The van der Waals surface area contributed by atoms with E-state index in [9.17, 15) is 9.18 Å². The first-order valence-corrected chi connectivity index (χ1v) is 10.3. The predicted molar refractivity (Wildman–Crippen MR) is 117 cm³/mol. The third kappa shape index (κ3) is 4.14. The summed E-state index contributed by atoms with van der Waals surface area (Å²) in [5.74, 6) is -0.639. The Labute approximate surface area is 180 Å². The molecule has 3 aromatic rings. The molecule has 1 saturated carbocycles. The van der Waals surface area contributed by atoms with E-state index in [1.54, 1.807) is 6.07 Å². The van der Waals surface area contributed by atoms with Crippen LogP contribution in [0.1, 0.15) is 47.7 Å². The Morgan fingerprint density at radius 2 is 1.94 bits per heavy atom. The van der Waals surface area contributed by atoms with E-state index >= 15 is 0 Å². The van der Waals surface area contributed by atoms with Crippen LogP contribution in [0.3, 0.4) is 0 Å². The molecule has 7 heteroatoms. The molecule has 4 N–H and O–H groups in total. The summed E-state index contributed by atoms with van der Waals surface area (Å²) in [6, 6.07) is 12.5. The fraction of sp³-hybridized carbons (Fsp3) is 0.292. The number of amides is 1. The average Bonchev–Trinajstić information content (AvgIpc) is 2.78. The highest BCUT2D eigenvalue weighted by Gasteiger charge is 2.26. The second-order valence-corrected chi connectivity index (χ2v) is 7.85. The first-order chi connectivity index (χ1) is 15.0. The van der Waals surface area contributed by atoms with Crippen molar-refractivity contribution in [3.63, 3.8) is 0 Å². The van der Waals surface area contributed by atoms with E-state index in [0.29, 0.717) is 5.56 Å². The van der Waals surface area contributed by atoms with Crippen molar-refractivity contribution in [2.75, 3.05) is 7.11 Å². The van der Waals surface area contributed by atoms with Crippen molar-refractivity contribution in [1.82, 2.24) is 9.97 Å². The van der Waals surface area contributed by atoms with E-state index < -0.39 is 11.7 Å². The Morgan fingerprint density at radius 1 is 1.13 bits per heavy atom. The lowest BCUT2D eigenvalue weighted by Crippen LogP contribution is -2.27. The van der Waals surface area contributed by atoms with Crippen molar-refractivity contribution < 1.29 is 13.9 Å². The molecule has 2 atom stereocenters. The summed E-state index contributed by atoms with van der Waals surface area (Å²) < 4.78 is 19.8. The Bertz CT molecular complexity index is 1120. The van der Waals surface area contributed by atoms with Gasteiger partial charge in [-0.1, -0.05) is 36.8 Å². The largest absolute Gasteiger partial charge is 0.496 e. The van der Waals surface area contributed by atoms with E-state index in [1.807, 2.05) is 18.2 Å². The standard InChI is InChI=1S/C24H25FN4O2/c1-31-20-11-5-10-19(25)21(20)24-28-13-18(22(29-24)23(27)30)17-9-3-2-8-16(17)14-6-4-7-15(26)12-14/h2-3,5,8-11,13-15H,4,6-7,12,26H2,1H3,(H2,27,30). The minimum Gasteiger partial charge on any atom is -0.496 e. The van der Waals surface area contributed by atoms with Gasteiger partial charge in [0, 0.05) is 17.8 Å². The van der Waals surface area contributed by atoms with Gasteiger partial charge in [-0.2, -0.15) is 0 Å². The lowest BCUT2D eigenvalue weighted by Gasteiger charge is -2.28. The molecule has 1 fully saturated rings. The summed E-state index contributed by atoms with van der Waals surface area (Å²) in [6.45, 7) is 0. The molecule has 1 aliphatic carbocycles. The van der Waals surface area contributed by atoms with Crippen LogP contribution >= 0.6 is 0 Å². The highest BCUT2D eigenvalue weighted by molar-refractivity contribution is 5.98. The molecule has 0 radical (unpaired) electrons. The highest BCUT2D eigenvalue weighted by Crippen LogP contribution is 2.39. The van der Waals surface area contributed by atoms with Crippen molar-refractivity contribution in [3.8, 4) is 28.3 Å². The van der Waals surface area contributed by atoms with Gasteiger partial charge in [0.05, 0.1) is 12.7 Å². The average molecular weight is 420 g/mol. The lowest BCUT2D eigenvalue weighted by atomic mass is 9.79. The second kappa shape index (κ2) is 8.81. The number of nitrogens with two attached hydrogens (primary N) is 2. The molecule has 1 heterocycles. The zero-order valence-electron chi connectivity index (χ0n) is 17.3. The number of primary amides is 1. The smallest absolute Gasteiger partial charge is 0.268 e. The maximum absolute atomic E-state index is 14.5. The fourth-order valence-corrected chi connectivity index (χ4v) is 4.39. The van der Waals surface area contributed by atoms with Crippen LogP contribution in [-0.2, 0) is 0 Å². The minimum atomic E-state index is -0.705. The number of methoxy groups -OCH3 is 1. The molecular weight excluding hydrogens is 395 g/mol. The topological polar surface area (TPSA) is 104 Å². The van der Waals surface area contributed by atoms with Crippen LogP contribution in [0.2, 0.25) is 0 Å². The van der Waals surface area contributed by atoms with E-state index in [-0.39, 0.29) is 34.8 Å². The SMILES string of the molecule is COc1cccc(F)c1-c1ncc(-c2ccccc2C2CCCC(N)C2)c(C(N)=O)n1. The summed E-state index contributed by atoms with van der Waals surface area (Å²) in [7, 11) is 1.44. The minimum absolute atomic E-state index is 0.0443. The first kappa shape index (κ1) is 20.9. The van der Waals surface area contributed by atoms with Gasteiger partial charge in [-0.15, -0.1) is 0 Å². The number of carbonyl (C=O) groups is 1. The summed E-state index contributed by atoms with van der Waals surface area (Å²) in [4.78, 5) is 21.1. The van der Waals surface area contributed by atoms with Crippen molar-refractivity contribution >= 4 is 5.91 Å². The predicted octanol–water partition coefficient (Wildman–Crippen LogP) is 4.04. The summed E-state index contributed by atoms with van der Waals surface area (Å²) >= 11 is 0. The van der Waals surface area contributed by atoms with E-state index in [1.165, 1.54) is 25.4 Å². The molecule has 2 unspecified atom stereocenters. The van der Waals surface area contributed by atoms with Crippen LogP contribution in [0.25, 0.3) is 22.5 Å². The second-order valence-electron chi connectivity index (χ2n) is 7.85. The van der Waals surface area contributed by atoms with Gasteiger partial charge in [-0.25, -0.2) is 14.4 Å². The maximum atomic E-state index is 14.5. The Morgan fingerprint density at radius 3 is 2.68 bits per heavy atom. The maximum Gasteiger partial charge on any atom is 0.268 e. The molecule has 2 aromatic carbocycles. The van der Waals surface area contributed by atoms with Crippen LogP contribution in [0.15, 0.2) is 48.7 Å². The number of hydrogen-bond acceptors (Lipinski definition) is 5. The molecule has 0 saturated heterocycles. The van der Waals surface area contributed by atoms with Crippen molar-refractivity contribution in [3.05, 3.63) is 65.7 Å². The molecule has 160 valence electrons. The van der Waals surface area contributed by atoms with E-state index in [0.717, 1.165) is 36.8 Å². The van der Waals surface area contributed by atoms with Gasteiger partial charge in [0.1, 0.15) is 17.3 Å². The quantitative estimate of drug-likeness (QED) is 0.648. The molecule has 0 bridgehead atoms. The molecule has 1 amide bonds. The molecule has 0 aliphatic heterocycles. The Balaban J connectivity index is 1.84. The van der Waals surface area contributed by atoms with Crippen LogP contribution < -0.4 is 16.2 Å². The number of carbonyl (C=O) groups excluding carboxylic acids is 1. The number of halogens is 1. The van der Waals surface area contributed by atoms with Crippen molar-refractivity contribution in [2.24, 2.45) is 11.5 Å². The normalized spacial score (nSPS) is 18.5. The highest BCUT2D eigenvalue weighted by atomic mass is 19.1. The number of nitrogens with zero attached hydrogens (tertiary/aromatic N) is 2. The number of ether oxygens (including phenoxy) is 1. The van der Waals surface area contributed by atoms with Crippen LogP contribution in [0, 0.1) is 5.82 Å². The van der Waals surface area contributed by atoms with Crippen LogP contribution in [-0.4, -0.2) is 29.0 Å². The third-order valence-corrected chi connectivity index (χ3v) is 5.85. The van der Waals surface area contributed by atoms with Gasteiger partial charge in [-0.05, 0) is 48.4 Å². The number of hydrogen-bond donors (Lipinski definition) is 2. The van der Waals surface area contributed by atoms with Gasteiger partial charge >= 0.3 is 0 Å².